The van der Waals surface area contributed by atoms with Crippen molar-refractivity contribution in [2.75, 3.05) is 0 Å². The lowest BCUT2D eigenvalue weighted by atomic mass is 9.58. The highest BCUT2D eigenvalue weighted by Crippen LogP contribution is 2.60. The molecule has 3 atom stereocenters. The third kappa shape index (κ3) is 2.28. The van der Waals surface area contributed by atoms with E-state index in [1.807, 2.05) is 12.1 Å². The Kier molecular flexibility index (Phi) is 3.63. The molecule has 3 aliphatic carbocycles. The van der Waals surface area contributed by atoms with Gasteiger partial charge in [-0.25, -0.2) is 0 Å². The molecule has 1 nitrogen and oxygen atoms in total. The van der Waals surface area contributed by atoms with E-state index in [0.29, 0.717) is 17.1 Å². The largest absolute Gasteiger partial charge is 0.508 e. The maximum absolute atomic E-state index is 9.76. The molecular formula is C22H28O. The van der Waals surface area contributed by atoms with Gasteiger partial charge in [-0.15, -0.1) is 0 Å². The van der Waals surface area contributed by atoms with Crippen molar-refractivity contribution >= 4 is 0 Å². The molecule has 3 aliphatic rings. The van der Waals surface area contributed by atoms with Crippen molar-refractivity contribution in [1.82, 2.24) is 0 Å². The standard InChI is InChI=1S/C22H28O/c1-3-4-5-16-7-11-21-20-9-6-15-14-17(23)8-10-18(15)19(20)12-13-22(16,21)2/h7-10,14,19,21,23H,3-6,11-13H2,1-2H3/t19-,21+,22-/m1/s1. The zero-order chi connectivity index (χ0) is 16.0. The lowest BCUT2D eigenvalue weighted by Gasteiger charge is -2.46. The van der Waals surface area contributed by atoms with Gasteiger partial charge in [0.25, 0.3) is 0 Å². The molecule has 1 aromatic rings. The van der Waals surface area contributed by atoms with E-state index in [9.17, 15) is 5.11 Å². The van der Waals surface area contributed by atoms with Gasteiger partial charge in [0, 0.05) is 5.92 Å². The van der Waals surface area contributed by atoms with Gasteiger partial charge in [-0.3, -0.25) is 0 Å². The van der Waals surface area contributed by atoms with E-state index in [-0.39, 0.29) is 0 Å². The maximum atomic E-state index is 9.76. The number of phenolic OH excluding ortho intramolecular Hbond substituents is 1. The van der Waals surface area contributed by atoms with Crippen molar-refractivity contribution < 1.29 is 5.11 Å². The highest BCUT2D eigenvalue weighted by atomic mass is 16.3. The van der Waals surface area contributed by atoms with Gasteiger partial charge in [-0.2, -0.15) is 0 Å². The molecule has 1 N–H and O–H groups in total. The molecule has 1 fully saturated rings. The predicted molar refractivity (Wildman–Crippen MR) is 95.7 cm³/mol. The second-order valence-corrected chi connectivity index (χ2v) is 7.92. The number of phenols is 1. The fraction of sp³-hybridized carbons (Fsp3) is 0.545. The first-order valence-electron chi connectivity index (χ1n) is 9.34. The van der Waals surface area contributed by atoms with E-state index < -0.39 is 0 Å². The molecule has 0 spiro atoms. The topological polar surface area (TPSA) is 20.2 Å². The van der Waals surface area contributed by atoms with Crippen LogP contribution in [0.1, 0.15) is 69.4 Å². The minimum absolute atomic E-state index is 0.408. The molecule has 1 aromatic carbocycles. The van der Waals surface area contributed by atoms with E-state index in [2.05, 4.69) is 32.1 Å². The van der Waals surface area contributed by atoms with Crippen LogP contribution in [0.2, 0.25) is 0 Å². The van der Waals surface area contributed by atoms with Crippen LogP contribution >= 0.6 is 0 Å². The third-order valence-electron chi connectivity index (χ3n) is 6.72. The molecular weight excluding hydrogens is 280 g/mol. The average Bonchev–Trinajstić information content (AvgIpc) is 2.89. The van der Waals surface area contributed by atoms with Crippen LogP contribution in [-0.4, -0.2) is 5.11 Å². The van der Waals surface area contributed by atoms with E-state index >= 15 is 0 Å². The van der Waals surface area contributed by atoms with Crippen LogP contribution in [-0.2, 0) is 6.42 Å². The smallest absolute Gasteiger partial charge is 0.115 e. The predicted octanol–water partition coefficient (Wildman–Crippen LogP) is 5.89. The fourth-order valence-corrected chi connectivity index (χ4v) is 5.38. The number of hydrogen-bond acceptors (Lipinski definition) is 1. The third-order valence-corrected chi connectivity index (χ3v) is 6.72. The highest BCUT2D eigenvalue weighted by Gasteiger charge is 2.48. The normalized spacial score (nSPS) is 31.7. The van der Waals surface area contributed by atoms with Crippen molar-refractivity contribution in [2.45, 2.75) is 64.7 Å². The van der Waals surface area contributed by atoms with Gasteiger partial charge in [0.05, 0.1) is 0 Å². The lowest BCUT2D eigenvalue weighted by molar-refractivity contribution is 0.213. The zero-order valence-electron chi connectivity index (χ0n) is 14.4. The second kappa shape index (κ2) is 5.54. The molecule has 0 heterocycles. The molecule has 0 aliphatic heterocycles. The van der Waals surface area contributed by atoms with Gasteiger partial charge in [-0.1, -0.05) is 49.6 Å². The summed E-state index contributed by atoms with van der Waals surface area (Å²) >= 11 is 0. The van der Waals surface area contributed by atoms with Gasteiger partial charge in [-0.05, 0) is 73.1 Å². The van der Waals surface area contributed by atoms with Gasteiger partial charge >= 0.3 is 0 Å². The van der Waals surface area contributed by atoms with Crippen LogP contribution in [0.5, 0.6) is 5.75 Å². The Labute approximate surface area is 140 Å². The molecule has 0 saturated heterocycles. The summed E-state index contributed by atoms with van der Waals surface area (Å²) in [4.78, 5) is 0. The zero-order valence-corrected chi connectivity index (χ0v) is 14.4. The Morgan fingerprint density at radius 1 is 1.26 bits per heavy atom. The summed E-state index contributed by atoms with van der Waals surface area (Å²) in [7, 11) is 0. The minimum Gasteiger partial charge on any atom is -0.508 e. The Morgan fingerprint density at radius 3 is 2.96 bits per heavy atom. The quantitative estimate of drug-likeness (QED) is 0.690. The number of rotatable bonds is 3. The van der Waals surface area contributed by atoms with Crippen LogP contribution in [0.15, 0.2) is 41.5 Å². The van der Waals surface area contributed by atoms with Crippen LogP contribution in [0, 0.1) is 11.3 Å². The van der Waals surface area contributed by atoms with Gasteiger partial charge in [0.1, 0.15) is 5.75 Å². The summed E-state index contributed by atoms with van der Waals surface area (Å²) in [5.41, 5.74) is 6.65. The Morgan fingerprint density at radius 2 is 2.13 bits per heavy atom. The van der Waals surface area contributed by atoms with E-state index in [4.69, 9.17) is 0 Å². The first kappa shape index (κ1) is 15.1. The molecule has 0 amide bonds. The molecule has 23 heavy (non-hydrogen) atoms. The van der Waals surface area contributed by atoms with Crippen LogP contribution in [0.3, 0.4) is 0 Å². The first-order valence-corrected chi connectivity index (χ1v) is 9.34. The van der Waals surface area contributed by atoms with Crippen LogP contribution in [0.25, 0.3) is 0 Å². The van der Waals surface area contributed by atoms with Crippen molar-refractivity contribution in [2.24, 2.45) is 11.3 Å². The molecule has 4 rings (SSSR count). The van der Waals surface area contributed by atoms with Gasteiger partial charge in [0.15, 0.2) is 0 Å². The van der Waals surface area contributed by atoms with Crippen molar-refractivity contribution in [3.05, 3.63) is 52.6 Å². The SMILES string of the molecule is CCCCC1=CC[C@H]2C3=CCc4cc(O)ccc4[C@H]3CC[C@]12C. The van der Waals surface area contributed by atoms with Crippen LogP contribution in [0.4, 0.5) is 0 Å². The van der Waals surface area contributed by atoms with Gasteiger partial charge in [0.2, 0.25) is 0 Å². The molecule has 1 saturated carbocycles. The summed E-state index contributed by atoms with van der Waals surface area (Å²) in [6.07, 6.45) is 13.8. The van der Waals surface area contributed by atoms with E-state index in [1.165, 1.54) is 49.7 Å². The summed E-state index contributed by atoms with van der Waals surface area (Å²) < 4.78 is 0. The fourth-order valence-electron chi connectivity index (χ4n) is 5.38. The summed E-state index contributed by atoms with van der Waals surface area (Å²) in [6.45, 7) is 4.82. The molecule has 0 radical (unpaired) electrons. The minimum atomic E-state index is 0.408. The Bertz CT molecular complexity index is 681. The van der Waals surface area contributed by atoms with Crippen molar-refractivity contribution in [3.8, 4) is 5.75 Å². The summed E-state index contributed by atoms with van der Waals surface area (Å²) in [6, 6.07) is 6.01. The number of aromatic hydroxyl groups is 1. The van der Waals surface area contributed by atoms with Gasteiger partial charge < -0.3 is 5.11 Å². The monoisotopic (exact) mass is 308 g/mol. The molecule has 1 heteroatoms. The number of benzene rings is 1. The number of hydrogen-bond donors (Lipinski definition) is 1. The molecule has 0 unspecified atom stereocenters. The van der Waals surface area contributed by atoms with Crippen molar-refractivity contribution in [3.63, 3.8) is 0 Å². The second-order valence-electron chi connectivity index (χ2n) is 7.92. The first-order chi connectivity index (χ1) is 11.1. The maximum Gasteiger partial charge on any atom is 0.115 e. The number of fused-ring (bicyclic) bond motifs is 5. The van der Waals surface area contributed by atoms with E-state index in [0.717, 1.165) is 12.3 Å². The molecule has 0 aromatic heterocycles. The molecule has 0 bridgehead atoms. The van der Waals surface area contributed by atoms with Crippen molar-refractivity contribution in [1.29, 1.82) is 0 Å². The average molecular weight is 308 g/mol. The summed E-state index contributed by atoms with van der Waals surface area (Å²) in [5, 5.41) is 9.76. The van der Waals surface area contributed by atoms with Crippen LogP contribution < -0.4 is 0 Å². The lowest BCUT2D eigenvalue weighted by Crippen LogP contribution is -2.35. The summed E-state index contributed by atoms with van der Waals surface area (Å²) in [5.74, 6) is 1.72. The number of unbranched alkanes of at least 4 members (excludes halogenated alkanes) is 1. The Balaban J connectivity index is 1.64. The van der Waals surface area contributed by atoms with E-state index in [1.54, 1.807) is 11.1 Å². The number of allylic oxidation sites excluding steroid dienone is 4. The molecule has 122 valence electrons. The Hall–Kier alpha value is -1.50. The highest BCUT2D eigenvalue weighted by molar-refractivity contribution is 5.48.